The van der Waals surface area contributed by atoms with Crippen molar-refractivity contribution in [3.05, 3.63) is 34.9 Å². The Balaban J connectivity index is 1.73. The van der Waals surface area contributed by atoms with Crippen LogP contribution in [0.5, 0.6) is 0 Å². The maximum atomic E-state index is 12.9. The van der Waals surface area contributed by atoms with Crippen molar-refractivity contribution in [1.29, 1.82) is 0 Å². The molecule has 1 aromatic carbocycles. The molecule has 2 aliphatic rings. The van der Waals surface area contributed by atoms with E-state index in [1.54, 1.807) is 6.92 Å². The molecule has 0 saturated carbocycles. The molecule has 2 N–H and O–H groups in total. The molecule has 0 radical (unpaired) electrons. The summed E-state index contributed by atoms with van der Waals surface area (Å²) in [5.41, 5.74) is 3.80. The number of aryl methyl sites for hydroxylation is 1. The zero-order valence-corrected chi connectivity index (χ0v) is 14.8. The fourth-order valence-electron chi connectivity index (χ4n) is 3.91. The molecule has 1 aliphatic heterocycles. The van der Waals surface area contributed by atoms with Crippen molar-refractivity contribution in [2.45, 2.75) is 51.8 Å². The summed E-state index contributed by atoms with van der Waals surface area (Å²) in [7, 11) is 0. The topological polar surface area (TPSA) is 61.8 Å². The summed E-state index contributed by atoms with van der Waals surface area (Å²) in [6, 6.07) is 6.45. The Bertz CT molecular complexity index is 602. The largest absolute Gasteiger partial charge is 0.393 e. The van der Waals surface area contributed by atoms with Gasteiger partial charge < -0.3 is 20.1 Å². The SMILES string of the molecule is Cc1ccc2c(c1)C(NC(=O)N1CCOCC1CC(C)O)C(C)C2. The molecule has 0 spiro atoms. The minimum atomic E-state index is -0.444. The highest BCUT2D eigenvalue weighted by atomic mass is 16.5. The second-order valence-electron chi connectivity index (χ2n) is 7.32. The van der Waals surface area contributed by atoms with Gasteiger partial charge in [0.05, 0.1) is 31.4 Å². The van der Waals surface area contributed by atoms with Gasteiger partial charge in [0.25, 0.3) is 0 Å². The lowest BCUT2D eigenvalue weighted by atomic mass is 10.0. The Hall–Kier alpha value is -1.59. The van der Waals surface area contributed by atoms with Gasteiger partial charge in [-0.1, -0.05) is 30.7 Å². The molecule has 0 bridgehead atoms. The molecule has 1 aromatic rings. The van der Waals surface area contributed by atoms with Gasteiger partial charge in [0.15, 0.2) is 0 Å². The number of nitrogens with one attached hydrogen (secondary N) is 1. The van der Waals surface area contributed by atoms with Crippen molar-refractivity contribution in [2.24, 2.45) is 5.92 Å². The van der Waals surface area contributed by atoms with Crippen LogP contribution in [0.4, 0.5) is 4.79 Å². The predicted octanol–water partition coefficient (Wildman–Crippen LogP) is 2.41. The quantitative estimate of drug-likeness (QED) is 0.893. The first-order valence-corrected chi connectivity index (χ1v) is 8.88. The maximum Gasteiger partial charge on any atom is 0.318 e. The van der Waals surface area contributed by atoms with Gasteiger partial charge in [-0.05, 0) is 43.7 Å². The van der Waals surface area contributed by atoms with Gasteiger partial charge in [0.2, 0.25) is 0 Å². The molecule has 1 heterocycles. The fourth-order valence-corrected chi connectivity index (χ4v) is 3.91. The molecule has 5 nitrogen and oxygen atoms in total. The first-order valence-electron chi connectivity index (χ1n) is 8.88. The third kappa shape index (κ3) is 3.57. The molecule has 5 heteroatoms. The highest BCUT2D eigenvalue weighted by Crippen LogP contribution is 2.36. The Morgan fingerprint density at radius 1 is 1.50 bits per heavy atom. The summed E-state index contributed by atoms with van der Waals surface area (Å²) in [4.78, 5) is 14.7. The van der Waals surface area contributed by atoms with Crippen molar-refractivity contribution >= 4 is 6.03 Å². The molecule has 1 saturated heterocycles. The van der Waals surface area contributed by atoms with E-state index in [4.69, 9.17) is 4.74 Å². The smallest absolute Gasteiger partial charge is 0.318 e. The third-order valence-corrected chi connectivity index (χ3v) is 5.13. The summed E-state index contributed by atoms with van der Waals surface area (Å²) in [5.74, 6) is 0.391. The van der Waals surface area contributed by atoms with E-state index in [0.717, 1.165) is 6.42 Å². The number of hydrogen-bond donors (Lipinski definition) is 2. The van der Waals surface area contributed by atoms with E-state index < -0.39 is 6.10 Å². The maximum absolute atomic E-state index is 12.9. The lowest BCUT2D eigenvalue weighted by molar-refractivity contribution is -0.00507. The van der Waals surface area contributed by atoms with Crippen LogP contribution in [0.3, 0.4) is 0 Å². The van der Waals surface area contributed by atoms with Gasteiger partial charge in [-0.25, -0.2) is 4.79 Å². The van der Waals surface area contributed by atoms with Gasteiger partial charge >= 0.3 is 6.03 Å². The number of rotatable bonds is 3. The molecule has 24 heavy (non-hydrogen) atoms. The number of carbonyl (C=O) groups excluding carboxylic acids is 1. The van der Waals surface area contributed by atoms with Crippen molar-refractivity contribution in [3.63, 3.8) is 0 Å². The fraction of sp³-hybridized carbons (Fsp3) is 0.632. The minimum absolute atomic E-state index is 0.0462. The lowest BCUT2D eigenvalue weighted by Crippen LogP contribution is -2.54. The lowest BCUT2D eigenvalue weighted by Gasteiger charge is -2.37. The number of morpholine rings is 1. The van der Waals surface area contributed by atoms with Crippen LogP contribution >= 0.6 is 0 Å². The molecule has 1 fully saturated rings. The number of hydrogen-bond acceptors (Lipinski definition) is 3. The van der Waals surface area contributed by atoms with Gasteiger partial charge in [-0.15, -0.1) is 0 Å². The molecular weight excluding hydrogens is 304 g/mol. The normalized spacial score (nSPS) is 27.7. The predicted molar refractivity (Wildman–Crippen MR) is 92.9 cm³/mol. The number of amides is 2. The number of aliphatic hydroxyl groups is 1. The zero-order valence-electron chi connectivity index (χ0n) is 14.8. The number of benzene rings is 1. The van der Waals surface area contributed by atoms with Crippen LogP contribution in [0, 0.1) is 12.8 Å². The van der Waals surface area contributed by atoms with E-state index in [1.165, 1.54) is 16.7 Å². The highest BCUT2D eigenvalue weighted by molar-refractivity contribution is 5.75. The van der Waals surface area contributed by atoms with Crippen molar-refractivity contribution < 1.29 is 14.6 Å². The van der Waals surface area contributed by atoms with E-state index in [-0.39, 0.29) is 18.1 Å². The van der Waals surface area contributed by atoms with Gasteiger partial charge in [0, 0.05) is 6.54 Å². The van der Waals surface area contributed by atoms with E-state index in [2.05, 4.69) is 37.4 Å². The second-order valence-corrected chi connectivity index (χ2v) is 7.32. The molecule has 1 aliphatic carbocycles. The van der Waals surface area contributed by atoms with Crippen LogP contribution in [0.15, 0.2) is 18.2 Å². The minimum Gasteiger partial charge on any atom is -0.393 e. The highest BCUT2D eigenvalue weighted by Gasteiger charge is 2.34. The number of aliphatic hydroxyl groups excluding tert-OH is 1. The monoisotopic (exact) mass is 332 g/mol. The van der Waals surface area contributed by atoms with E-state index in [9.17, 15) is 9.90 Å². The molecular formula is C19H28N2O3. The molecule has 4 atom stereocenters. The number of nitrogens with zero attached hydrogens (tertiary/aromatic N) is 1. The van der Waals surface area contributed by atoms with Crippen molar-refractivity contribution in [3.8, 4) is 0 Å². The molecule has 132 valence electrons. The zero-order chi connectivity index (χ0) is 17.3. The van der Waals surface area contributed by atoms with Crippen LogP contribution in [-0.2, 0) is 11.2 Å². The Morgan fingerprint density at radius 3 is 3.04 bits per heavy atom. The van der Waals surface area contributed by atoms with Crippen LogP contribution in [-0.4, -0.2) is 47.9 Å². The van der Waals surface area contributed by atoms with Gasteiger partial charge in [-0.2, -0.15) is 0 Å². The summed E-state index contributed by atoms with van der Waals surface area (Å²) < 4.78 is 5.49. The molecule has 0 aromatic heterocycles. The average molecular weight is 332 g/mol. The average Bonchev–Trinajstić information content (AvgIpc) is 2.83. The van der Waals surface area contributed by atoms with Crippen molar-refractivity contribution in [2.75, 3.05) is 19.8 Å². The summed E-state index contributed by atoms with van der Waals surface area (Å²) in [5, 5.41) is 12.9. The van der Waals surface area contributed by atoms with E-state index in [1.807, 2.05) is 4.90 Å². The number of carbonyl (C=O) groups is 1. The Kier molecular flexibility index (Phi) is 5.11. The first-order chi connectivity index (χ1) is 11.5. The van der Waals surface area contributed by atoms with Gasteiger partial charge in [-0.3, -0.25) is 0 Å². The molecule has 4 unspecified atom stereocenters. The molecule has 3 rings (SSSR count). The summed E-state index contributed by atoms with van der Waals surface area (Å²) >= 11 is 0. The van der Waals surface area contributed by atoms with E-state index in [0.29, 0.717) is 32.1 Å². The van der Waals surface area contributed by atoms with E-state index >= 15 is 0 Å². The van der Waals surface area contributed by atoms with Crippen LogP contribution in [0.25, 0.3) is 0 Å². The third-order valence-electron chi connectivity index (χ3n) is 5.13. The number of fused-ring (bicyclic) bond motifs is 1. The molecule has 2 amide bonds. The van der Waals surface area contributed by atoms with Crippen LogP contribution in [0.1, 0.15) is 43.0 Å². The van der Waals surface area contributed by atoms with Crippen LogP contribution < -0.4 is 5.32 Å². The second kappa shape index (κ2) is 7.11. The first kappa shape index (κ1) is 17.2. The standard InChI is InChI=1S/C19H28N2O3/c1-12-4-5-15-9-13(2)18(17(15)8-12)20-19(23)21-6-7-24-11-16(21)10-14(3)22/h4-5,8,13-14,16,18,22H,6-7,9-11H2,1-3H3,(H,20,23). The Labute approximate surface area is 144 Å². The summed E-state index contributed by atoms with van der Waals surface area (Å²) in [6.45, 7) is 7.65. The van der Waals surface area contributed by atoms with Crippen LogP contribution in [0.2, 0.25) is 0 Å². The number of ether oxygens (including phenoxy) is 1. The summed E-state index contributed by atoms with van der Waals surface area (Å²) in [6.07, 6.45) is 1.10. The van der Waals surface area contributed by atoms with Gasteiger partial charge in [0.1, 0.15) is 0 Å². The Morgan fingerprint density at radius 2 is 2.29 bits per heavy atom. The van der Waals surface area contributed by atoms with Crippen molar-refractivity contribution in [1.82, 2.24) is 10.2 Å². The number of urea groups is 1.